The van der Waals surface area contributed by atoms with Crippen LogP contribution in [0.25, 0.3) is 0 Å². The summed E-state index contributed by atoms with van der Waals surface area (Å²) in [5, 5.41) is 2.93. The Balaban J connectivity index is 2.41. The fourth-order valence-corrected chi connectivity index (χ4v) is 2.34. The first-order chi connectivity index (χ1) is 8.67. The third kappa shape index (κ3) is 5.33. The van der Waals surface area contributed by atoms with Crippen LogP contribution in [0.15, 0.2) is 0 Å². The van der Waals surface area contributed by atoms with Gasteiger partial charge in [-0.3, -0.25) is 9.69 Å². The largest absolute Gasteiger partial charge is 0.356 e. The van der Waals surface area contributed by atoms with Crippen molar-refractivity contribution in [3.8, 4) is 0 Å². The molecule has 106 valence electrons. The molecule has 1 aliphatic rings. The van der Waals surface area contributed by atoms with Crippen molar-refractivity contribution in [2.45, 2.75) is 32.2 Å². The van der Waals surface area contributed by atoms with Gasteiger partial charge in [0.15, 0.2) is 0 Å². The maximum Gasteiger partial charge on any atom is 0.221 e. The summed E-state index contributed by atoms with van der Waals surface area (Å²) >= 11 is 0. The molecule has 0 aromatic rings. The molecule has 1 fully saturated rings. The highest BCUT2D eigenvalue weighted by molar-refractivity contribution is 5.76. The van der Waals surface area contributed by atoms with Gasteiger partial charge in [0.25, 0.3) is 0 Å². The second-order valence-electron chi connectivity index (χ2n) is 5.14. The van der Waals surface area contributed by atoms with E-state index in [-0.39, 0.29) is 11.9 Å². The monoisotopic (exact) mass is 256 g/mol. The van der Waals surface area contributed by atoms with E-state index in [4.69, 9.17) is 5.73 Å². The molecule has 1 aliphatic heterocycles. The zero-order valence-corrected chi connectivity index (χ0v) is 11.8. The number of hydrogen-bond acceptors (Lipinski definition) is 4. The Bertz CT molecular complexity index is 247. The predicted molar refractivity (Wildman–Crippen MR) is 74.4 cm³/mol. The molecule has 5 heteroatoms. The van der Waals surface area contributed by atoms with Crippen LogP contribution in [0, 0.1) is 0 Å². The van der Waals surface area contributed by atoms with Crippen molar-refractivity contribution in [2.75, 3.05) is 46.3 Å². The van der Waals surface area contributed by atoms with Crippen molar-refractivity contribution in [1.82, 2.24) is 15.1 Å². The van der Waals surface area contributed by atoms with Crippen LogP contribution in [-0.4, -0.2) is 68.1 Å². The summed E-state index contributed by atoms with van der Waals surface area (Å²) in [6, 6.07) is 0.188. The van der Waals surface area contributed by atoms with Crippen molar-refractivity contribution in [1.29, 1.82) is 0 Å². The number of carbonyl (C=O) groups is 1. The Hall–Kier alpha value is -0.650. The normalized spacial score (nSPS) is 20.4. The number of nitrogens with one attached hydrogen (secondary N) is 1. The van der Waals surface area contributed by atoms with Crippen LogP contribution in [0.1, 0.15) is 26.2 Å². The van der Waals surface area contributed by atoms with Gasteiger partial charge in [-0.05, 0) is 33.0 Å². The summed E-state index contributed by atoms with van der Waals surface area (Å²) in [6.07, 6.45) is 2.66. The quantitative estimate of drug-likeness (QED) is 0.695. The average Bonchev–Trinajstić information content (AvgIpc) is 2.58. The minimum atomic E-state index is 0.130. The van der Waals surface area contributed by atoms with Crippen molar-refractivity contribution in [3.63, 3.8) is 0 Å². The highest BCUT2D eigenvalue weighted by Crippen LogP contribution is 2.08. The second-order valence-corrected chi connectivity index (χ2v) is 5.14. The molecule has 1 atom stereocenters. The van der Waals surface area contributed by atoms with Gasteiger partial charge in [-0.25, -0.2) is 0 Å². The molecular weight excluding hydrogens is 228 g/mol. The Morgan fingerprint density at radius 3 is 2.78 bits per heavy atom. The summed E-state index contributed by atoms with van der Waals surface area (Å²) in [7, 11) is 2.15. The van der Waals surface area contributed by atoms with Gasteiger partial charge in [0.1, 0.15) is 0 Å². The van der Waals surface area contributed by atoms with E-state index in [0.29, 0.717) is 13.0 Å². The number of amides is 1. The lowest BCUT2D eigenvalue weighted by Crippen LogP contribution is -2.45. The molecule has 1 saturated heterocycles. The fraction of sp³-hybridized carbons (Fsp3) is 0.923. The first kappa shape index (κ1) is 15.4. The zero-order valence-electron chi connectivity index (χ0n) is 11.8. The lowest BCUT2D eigenvalue weighted by atomic mass is 10.1. The number of likely N-dealkylation sites (N-methyl/N-ethyl adjacent to an activating group) is 1. The molecule has 1 unspecified atom stereocenters. The van der Waals surface area contributed by atoms with Crippen molar-refractivity contribution >= 4 is 5.91 Å². The Morgan fingerprint density at radius 2 is 2.11 bits per heavy atom. The highest BCUT2D eigenvalue weighted by atomic mass is 16.1. The van der Waals surface area contributed by atoms with Gasteiger partial charge < -0.3 is 16.0 Å². The van der Waals surface area contributed by atoms with Gasteiger partial charge in [-0.1, -0.05) is 6.92 Å². The fourth-order valence-electron chi connectivity index (χ4n) is 2.34. The summed E-state index contributed by atoms with van der Waals surface area (Å²) < 4.78 is 0. The number of nitrogens with two attached hydrogens (primary N) is 1. The van der Waals surface area contributed by atoms with E-state index < -0.39 is 0 Å². The van der Waals surface area contributed by atoms with Gasteiger partial charge in [0.2, 0.25) is 5.91 Å². The summed E-state index contributed by atoms with van der Waals surface area (Å²) in [5.41, 5.74) is 5.83. The number of nitrogens with zero attached hydrogens (tertiary/aromatic N) is 2. The third-order valence-electron chi connectivity index (χ3n) is 3.54. The van der Waals surface area contributed by atoms with Crippen LogP contribution in [0.4, 0.5) is 0 Å². The van der Waals surface area contributed by atoms with Crippen LogP contribution >= 0.6 is 0 Å². The molecule has 0 aliphatic carbocycles. The van der Waals surface area contributed by atoms with Gasteiger partial charge in [-0.15, -0.1) is 0 Å². The third-order valence-corrected chi connectivity index (χ3v) is 3.54. The van der Waals surface area contributed by atoms with E-state index in [9.17, 15) is 4.79 Å². The Kier molecular flexibility index (Phi) is 7.23. The first-order valence-corrected chi connectivity index (χ1v) is 7.06. The SMILES string of the molecule is CCCNC(=O)CC(CN)N1CCCN(C)CC1. The lowest BCUT2D eigenvalue weighted by molar-refractivity contribution is -0.122. The first-order valence-electron chi connectivity index (χ1n) is 7.06. The zero-order chi connectivity index (χ0) is 13.4. The van der Waals surface area contributed by atoms with Gasteiger partial charge in [0.05, 0.1) is 0 Å². The Morgan fingerprint density at radius 1 is 1.33 bits per heavy atom. The smallest absolute Gasteiger partial charge is 0.221 e. The average molecular weight is 256 g/mol. The molecule has 1 amide bonds. The molecule has 0 aromatic carbocycles. The van der Waals surface area contributed by atoms with E-state index in [1.165, 1.54) is 0 Å². The number of hydrogen-bond donors (Lipinski definition) is 2. The summed E-state index contributed by atoms with van der Waals surface area (Å²) in [6.45, 7) is 7.64. The molecule has 0 bridgehead atoms. The molecule has 3 N–H and O–H groups in total. The van der Waals surface area contributed by atoms with E-state index in [0.717, 1.165) is 45.6 Å². The molecule has 0 spiro atoms. The lowest BCUT2D eigenvalue weighted by Gasteiger charge is -2.29. The molecule has 0 aromatic heterocycles. The summed E-state index contributed by atoms with van der Waals surface area (Å²) in [4.78, 5) is 16.5. The number of rotatable bonds is 6. The second kappa shape index (κ2) is 8.45. The van der Waals surface area contributed by atoms with Crippen LogP contribution in [0.5, 0.6) is 0 Å². The minimum Gasteiger partial charge on any atom is -0.356 e. The van der Waals surface area contributed by atoms with E-state index >= 15 is 0 Å². The molecule has 18 heavy (non-hydrogen) atoms. The van der Waals surface area contributed by atoms with Crippen LogP contribution in [-0.2, 0) is 4.79 Å². The van der Waals surface area contributed by atoms with E-state index in [2.05, 4.69) is 29.1 Å². The van der Waals surface area contributed by atoms with Crippen LogP contribution < -0.4 is 11.1 Å². The van der Waals surface area contributed by atoms with Gasteiger partial charge in [0, 0.05) is 38.6 Å². The summed E-state index contributed by atoms with van der Waals surface area (Å²) in [5.74, 6) is 0.130. The van der Waals surface area contributed by atoms with E-state index in [1.54, 1.807) is 0 Å². The van der Waals surface area contributed by atoms with Gasteiger partial charge >= 0.3 is 0 Å². The maximum absolute atomic E-state index is 11.8. The van der Waals surface area contributed by atoms with Crippen molar-refractivity contribution in [3.05, 3.63) is 0 Å². The van der Waals surface area contributed by atoms with Gasteiger partial charge in [-0.2, -0.15) is 0 Å². The molecule has 0 saturated carbocycles. The Labute approximate surface area is 111 Å². The van der Waals surface area contributed by atoms with Crippen LogP contribution in [0.3, 0.4) is 0 Å². The van der Waals surface area contributed by atoms with Crippen molar-refractivity contribution < 1.29 is 4.79 Å². The van der Waals surface area contributed by atoms with E-state index in [1.807, 2.05) is 0 Å². The molecule has 1 rings (SSSR count). The maximum atomic E-state index is 11.8. The highest BCUT2D eigenvalue weighted by Gasteiger charge is 2.22. The molecule has 5 nitrogen and oxygen atoms in total. The van der Waals surface area contributed by atoms with Crippen LogP contribution in [0.2, 0.25) is 0 Å². The predicted octanol–water partition coefficient (Wildman–Crippen LogP) is -0.132. The minimum absolute atomic E-state index is 0.130. The number of carbonyl (C=O) groups excluding carboxylic acids is 1. The van der Waals surface area contributed by atoms with Crippen molar-refractivity contribution in [2.24, 2.45) is 5.73 Å². The molecule has 1 heterocycles. The topological polar surface area (TPSA) is 61.6 Å². The molecule has 0 radical (unpaired) electrons. The standard InChI is InChI=1S/C13H28N4O/c1-3-5-15-13(18)10-12(11-14)17-7-4-6-16(2)8-9-17/h12H,3-11,14H2,1-2H3,(H,15,18). The molecular formula is C13H28N4O.